The number of Topliss-reactive ketones (excluding diaryl/α,β-unsaturated/α-hetero) is 1. The van der Waals surface area contributed by atoms with Gasteiger partial charge in [-0.25, -0.2) is 0 Å². The smallest absolute Gasteiger partial charge is 0.222 e. The zero-order chi connectivity index (χ0) is 21.1. The molecule has 0 spiro atoms. The monoisotopic (exact) mass is 411 g/mol. The Labute approximate surface area is 175 Å². The third-order valence-corrected chi connectivity index (χ3v) is 7.49. The maximum absolute atomic E-state index is 13.0. The van der Waals surface area contributed by atoms with Crippen molar-refractivity contribution in [1.29, 1.82) is 0 Å². The van der Waals surface area contributed by atoms with Crippen molar-refractivity contribution < 1.29 is 9.59 Å². The summed E-state index contributed by atoms with van der Waals surface area (Å²) in [6.45, 7) is 5.77. The van der Waals surface area contributed by atoms with Gasteiger partial charge in [0.1, 0.15) is 0 Å². The molecule has 30 heavy (non-hydrogen) atoms. The van der Waals surface area contributed by atoms with E-state index in [1.165, 1.54) is 12.7 Å². The number of carbonyl (C=O) groups excluding carboxylic acids is 2. The lowest BCUT2D eigenvalue weighted by molar-refractivity contribution is -0.131. The van der Waals surface area contributed by atoms with Crippen LogP contribution in [0.1, 0.15) is 73.6 Å². The number of rotatable bonds is 6. The van der Waals surface area contributed by atoms with Gasteiger partial charge in [0.05, 0.1) is 16.8 Å². The van der Waals surface area contributed by atoms with Crippen molar-refractivity contribution in [2.45, 2.75) is 83.3 Å². The number of nitrogens with zero attached hydrogens (tertiary/aromatic N) is 6. The summed E-state index contributed by atoms with van der Waals surface area (Å²) in [5.41, 5.74) is 1.94. The minimum absolute atomic E-state index is 0.0151. The number of aromatic nitrogens is 6. The van der Waals surface area contributed by atoms with Gasteiger partial charge in [-0.15, -0.1) is 10.2 Å². The molecule has 160 valence electrons. The Kier molecular flexibility index (Phi) is 4.34. The number of tetrazole rings is 1. The van der Waals surface area contributed by atoms with Crippen molar-refractivity contribution in [3.05, 3.63) is 23.3 Å². The second-order valence-electron chi connectivity index (χ2n) is 9.81. The van der Waals surface area contributed by atoms with E-state index in [9.17, 15) is 9.59 Å². The highest BCUT2D eigenvalue weighted by atomic mass is 16.1. The maximum Gasteiger partial charge on any atom is 0.222 e. The van der Waals surface area contributed by atoms with Crippen LogP contribution in [-0.2, 0) is 16.9 Å². The Bertz CT molecular complexity index is 979. The van der Waals surface area contributed by atoms with Crippen LogP contribution in [0.4, 0.5) is 0 Å². The second-order valence-corrected chi connectivity index (χ2v) is 9.81. The molecule has 4 bridgehead atoms. The van der Waals surface area contributed by atoms with E-state index in [0.29, 0.717) is 30.4 Å². The Hall–Kier alpha value is -2.58. The van der Waals surface area contributed by atoms with E-state index >= 15 is 0 Å². The standard InChI is InChI=1S/C21H29N7O2/c1-13-19(15(3)29)14(2)27(25-13)5-4-18(30)24-20-7-16-6-17(8-20)10-21(9-16,11-20)28-23-12-22-26-28/h12,16-17H,4-11H2,1-3H3,(H,24,30). The Morgan fingerprint density at radius 2 is 1.93 bits per heavy atom. The number of amides is 1. The van der Waals surface area contributed by atoms with Crippen LogP contribution < -0.4 is 5.32 Å². The lowest BCUT2D eigenvalue weighted by Crippen LogP contribution is -2.66. The fourth-order valence-electron chi connectivity index (χ4n) is 6.97. The molecule has 2 aromatic heterocycles. The first-order chi connectivity index (χ1) is 14.3. The molecule has 4 aliphatic carbocycles. The van der Waals surface area contributed by atoms with Crippen molar-refractivity contribution >= 4 is 11.7 Å². The van der Waals surface area contributed by atoms with Gasteiger partial charge in [-0.2, -0.15) is 9.90 Å². The van der Waals surface area contributed by atoms with Gasteiger partial charge in [0, 0.05) is 24.2 Å². The molecule has 0 radical (unpaired) electrons. The number of hydrogen-bond donors (Lipinski definition) is 1. The molecule has 2 unspecified atom stereocenters. The zero-order valence-electron chi connectivity index (χ0n) is 17.9. The van der Waals surface area contributed by atoms with Gasteiger partial charge in [0.15, 0.2) is 12.1 Å². The Morgan fingerprint density at radius 1 is 1.20 bits per heavy atom. The fourth-order valence-corrected chi connectivity index (χ4v) is 6.97. The third kappa shape index (κ3) is 3.06. The molecule has 4 aliphatic rings. The Morgan fingerprint density at radius 3 is 2.53 bits per heavy atom. The average molecular weight is 412 g/mol. The molecule has 0 aromatic carbocycles. The van der Waals surface area contributed by atoms with Crippen molar-refractivity contribution in [2.75, 3.05) is 0 Å². The first-order valence-electron chi connectivity index (χ1n) is 10.9. The Balaban J connectivity index is 1.30. The van der Waals surface area contributed by atoms with E-state index in [4.69, 9.17) is 0 Å². The molecular formula is C21H29N7O2. The summed E-state index contributed by atoms with van der Waals surface area (Å²) in [6, 6.07) is 0. The van der Waals surface area contributed by atoms with Crippen LogP contribution in [0.3, 0.4) is 0 Å². The first kappa shape index (κ1) is 19.4. The summed E-state index contributed by atoms with van der Waals surface area (Å²) in [4.78, 5) is 26.6. The molecule has 2 aromatic rings. The van der Waals surface area contributed by atoms with Gasteiger partial charge >= 0.3 is 0 Å². The van der Waals surface area contributed by atoms with Crippen LogP contribution in [0.5, 0.6) is 0 Å². The fraction of sp³-hybridized carbons (Fsp3) is 0.714. The number of carbonyl (C=O) groups is 2. The first-order valence-corrected chi connectivity index (χ1v) is 10.9. The molecule has 0 aliphatic heterocycles. The quantitative estimate of drug-likeness (QED) is 0.728. The van der Waals surface area contributed by atoms with Crippen molar-refractivity contribution in [2.24, 2.45) is 11.8 Å². The number of nitrogens with one attached hydrogen (secondary N) is 1. The highest BCUT2D eigenvalue weighted by Gasteiger charge is 2.60. The number of ketones is 1. The molecule has 2 heterocycles. The SMILES string of the molecule is CC(=O)c1c(C)nn(CCC(=O)NC23CC4CC(C2)CC(n2ncnn2)(C4)C3)c1C. The molecule has 0 saturated heterocycles. The van der Waals surface area contributed by atoms with Gasteiger partial charge in [0.25, 0.3) is 0 Å². The summed E-state index contributed by atoms with van der Waals surface area (Å²) in [6.07, 6.45) is 8.23. The van der Waals surface area contributed by atoms with E-state index in [1.807, 2.05) is 18.6 Å². The van der Waals surface area contributed by atoms with Crippen LogP contribution in [-0.4, -0.2) is 47.2 Å². The van der Waals surface area contributed by atoms with Crippen molar-refractivity contribution in [3.63, 3.8) is 0 Å². The molecule has 1 N–H and O–H groups in total. The van der Waals surface area contributed by atoms with Crippen LogP contribution in [0.25, 0.3) is 0 Å². The van der Waals surface area contributed by atoms with Gasteiger partial charge in [-0.1, -0.05) is 0 Å². The van der Waals surface area contributed by atoms with Gasteiger partial charge in [-0.05, 0) is 76.3 Å². The number of hydrogen-bond acceptors (Lipinski definition) is 6. The van der Waals surface area contributed by atoms with E-state index in [2.05, 4.69) is 25.8 Å². The van der Waals surface area contributed by atoms with E-state index in [-0.39, 0.29) is 22.8 Å². The van der Waals surface area contributed by atoms with Crippen LogP contribution in [0.15, 0.2) is 6.33 Å². The highest BCUT2D eigenvalue weighted by Crippen LogP contribution is 2.60. The highest BCUT2D eigenvalue weighted by molar-refractivity contribution is 5.96. The van der Waals surface area contributed by atoms with E-state index < -0.39 is 0 Å². The van der Waals surface area contributed by atoms with Crippen molar-refractivity contribution in [1.82, 2.24) is 35.3 Å². The molecule has 2 atom stereocenters. The minimum atomic E-state index is -0.172. The van der Waals surface area contributed by atoms with Crippen LogP contribution >= 0.6 is 0 Å². The minimum Gasteiger partial charge on any atom is -0.350 e. The van der Waals surface area contributed by atoms with Gasteiger partial charge in [-0.3, -0.25) is 14.3 Å². The average Bonchev–Trinajstić information content (AvgIpc) is 3.27. The van der Waals surface area contributed by atoms with Crippen LogP contribution in [0.2, 0.25) is 0 Å². The van der Waals surface area contributed by atoms with Gasteiger partial charge < -0.3 is 5.32 Å². The predicted octanol–water partition coefficient (Wildman–Crippen LogP) is 1.94. The number of aryl methyl sites for hydroxylation is 2. The normalized spacial score (nSPS) is 31.8. The molecule has 9 heteroatoms. The summed E-state index contributed by atoms with van der Waals surface area (Å²) < 4.78 is 1.78. The third-order valence-electron chi connectivity index (χ3n) is 7.49. The molecule has 4 saturated carbocycles. The molecule has 4 fully saturated rings. The predicted molar refractivity (Wildman–Crippen MR) is 108 cm³/mol. The lowest BCUT2D eigenvalue weighted by Gasteiger charge is -2.61. The van der Waals surface area contributed by atoms with E-state index in [1.54, 1.807) is 11.6 Å². The van der Waals surface area contributed by atoms with Gasteiger partial charge in [0.2, 0.25) is 5.91 Å². The van der Waals surface area contributed by atoms with Crippen molar-refractivity contribution in [3.8, 4) is 0 Å². The zero-order valence-corrected chi connectivity index (χ0v) is 17.9. The topological polar surface area (TPSA) is 108 Å². The summed E-state index contributed by atoms with van der Waals surface area (Å²) in [5.74, 6) is 1.27. The molecule has 1 amide bonds. The lowest BCUT2D eigenvalue weighted by atomic mass is 9.50. The summed E-state index contributed by atoms with van der Waals surface area (Å²) >= 11 is 0. The van der Waals surface area contributed by atoms with Crippen LogP contribution in [0, 0.1) is 25.7 Å². The molecule has 9 nitrogen and oxygen atoms in total. The summed E-state index contributed by atoms with van der Waals surface area (Å²) in [7, 11) is 0. The maximum atomic E-state index is 13.0. The largest absolute Gasteiger partial charge is 0.350 e. The van der Waals surface area contributed by atoms with E-state index in [0.717, 1.165) is 43.5 Å². The molecule has 6 rings (SSSR count). The summed E-state index contributed by atoms with van der Waals surface area (Å²) in [5, 5.41) is 20.4. The molecular weight excluding hydrogens is 382 g/mol. The second kappa shape index (κ2) is 6.72.